The molecule has 1 saturated heterocycles. The van der Waals surface area contributed by atoms with Crippen molar-refractivity contribution in [2.24, 2.45) is 0 Å². The highest BCUT2D eigenvalue weighted by Gasteiger charge is 2.26. The van der Waals surface area contributed by atoms with Crippen molar-refractivity contribution in [3.63, 3.8) is 0 Å². The second kappa shape index (κ2) is 9.76. The van der Waals surface area contributed by atoms with E-state index in [0.29, 0.717) is 12.1 Å². The lowest BCUT2D eigenvalue weighted by Crippen LogP contribution is -2.51. The number of likely N-dealkylation sites (tertiary alicyclic amines) is 1. The van der Waals surface area contributed by atoms with Crippen LogP contribution in [0.3, 0.4) is 0 Å². The molecule has 0 aliphatic carbocycles. The Morgan fingerprint density at radius 1 is 1.28 bits per heavy atom. The summed E-state index contributed by atoms with van der Waals surface area (Å²) in [5, 5.41) is 3.57. The second-order valence-corrected chi connectivity index (χ2v) is 5.41. The molecule has 0 saturated carbocycles. The van der Waals surface area contributed by atoms with Crippen LogP contribution in [-0.4, -0.2) is 49.8 Å². The van der Waals surface area contributed by atoms with Crippen LogP contribution in [0.5, 0.6) is 0 Å². The molecule has 2 unspecified atom stereocenters. The van der Waals surface area contributed by atoms with E-state index in [0.717, 1.165) is 26.3 Å². The fourth-order valence-corrected chi connectivity index (χ4v) is 2.85. The maximum Gasteiger partial charge on any atom is 0.0593 e. The molecule has 2 atom stereocenters. The Morgan fingerprint density at radius 3 is 2.83 bits per heavy atom. The van der Waals surface area contributed by atoms with Crippen molar-refractivity contribution in [2.45, 2.75) is 65.0 Å². The Labute approximate surface area is 113 Å². The number of unbranched alkanes of at least 4 members (excludes halogenated alkanes) is 1. The van der Waals surface area contributed by atoms with Crippen LogP contribution in [0.2, 0.25) is 0 Å². The SMILES string of the molecule is CCCCOCCN1CCCCC1C(C)NCC. The number of ether oxygens (including phenoxy) is 1. The minimum absolute atomic E-state index is 0.603. The van der Waals surface area contributed by atoms with E-state index in [1.54, 1.807) is 0 Å². The minimum atomic E-state index is 0.603. The third-order valence-electron chi connectivity index (χ3n) is 3.93. The van der Waals surface area contributed by atoms with E-state index < -0.39 is 0 Å². The molecule has 3 nitrogen and oxygen atoms in total. The third kappa shape index (κ3) is 5.68. The number of likely N-dealkylation sites (N-methyl/N-ethyl adjacent to an activating group) is 1. The molecular weight excluding hydrogens is 224 g/mol. The van der Waals surface area contributed by atoms with Gasteiger partial charge in [-0.3, -0.25) is 4.90 Å². The van der Waals surface area contributed by atoms with Crippen molar-refractivity contribution in [1.82, 2.24) is 10.2 Å². The Morgan fingerprint density at radius 2 is 2.11 bits per heavy atom. The van der Waals surface area contributed by atoms with Gasteiger partial charge in [0, 0.05) is 25.2 Å². The average Bonchev–Trinajstić information content (AvgIpc) is 2.39. The van der Waals surface area contributed by atoms with Gasteiger partial charge in [0.1, 0.15) is 0 Å². The highest BCUT2D eigenvalue weighted by atomic mass is 16.5. The zero-order valence-electron chi connectivity index (χ0n) is 12.6. The molecule has 1 aliphatic heterocycles. The van der Waals surface area contributed by atoms with Crippen LogP contribution < -0.4 is 5.32 Å². The first-order valence-electron chi connectivity index (χ1n) is 7.84. The lowest BCUT2D eigenvalue weighted by Gasteiger charge is -2.39. The summed E-state index contributed by atoms with van der Waals surface area (Å²) in [7, 11) is 0. The molecule has 1 fully saturated rings. The number of nitrogens with zero attached hydrogens (tertiary/aromatic N) is 1. The molecule has 0 aromatic carbocycles. The van der Waals surface area contributed by atoms with Crippen LogP contribution in [0.1, 0.15) is 52.9 Å². The Balaban J connectivity index is 2.26. The number of hydrogen-bond acceptors (Lipinski definition) is 3. The number of nitrogens with one attached hydrogen (secondary N) is 1. The topological polar surface area (TPSA) is 24.5 Å². The van der Waals surface area contributed by atoms with Gasteiger partial charge in [0.25, 0.3) is 0 Å². The summed E-state index contributed by atoms with van der Waals surface area (Å²) in [5.41, 5.74) is 0. The van der Waals surface area contributed by atoms with E-state index in [9.17, 15) is 0 Å². The number of rotatable bonds is 9. The van der Waals surface area contributed by atoms with Gasteiger partial charge in [0.05, 0.1) is 6.61 Å². The lowest BCUT2D eigenvalue weighted by atomic mass is 9.96. The van der Waals surface area contributed by atoms with E-state index in [1.165, 1.54) is 38.6 Å². The van der Waals surface area contributed by atoms with Crippen LogP contribution >= 0.6 is 0 Å². The summed E-state index contributed by atoms with van der Waals surface area (Å²) in [6, 6.07) is 1.31. The maximum absolute atomic E-state index is 5.70. The molecule has 1 rings (SSSR count). The van der Waals surface area contributed by atoms with Crippen LogP contribution in [0, 0.1) is 0 Å². The summed E-state index contributed by atoms with van der Waals surface area (Å²) < 4.78 is 5.70. The molecule has 0 amide bonds. The zero-order chi connectivity index (χ0) is 13.2. The van der Waals surface area contributed by atoms with E-state index >= 15 is 0 Å². The van der Waals surface area contributed by atoms with Crippen molar-refractivity contribution in [1.29, 1.82) is 0 Å². The summed E-state index contributed by atoms with van der Waals surface area (Å²) in [4.78, 5) is 2.63. The first-order valence-corrected chi connectivity index (χ1v) is 7.84. The Hall–Kier alpha value is -0.120. The normalized spacial score (nSPS) is 23.2. The molecule has 0 bridgehead atoms. The van der Waals surface area contributed by atoms with Gasteiger partial charge in [-0.2, -0.15) is 0 Å². The van der Waals surface area contributed by atoms with Gasteiger partial charge in [0.2, 0.25) is 0 Å². The van der Waals surface area contributed by atoms with Gasteiger partial charge in [-0.1, -0.05) is 26.7 Å². The zero-order valence-corrected chi connectivity index (χ0v) is 12.6. The highest BCUT2D eigenvalue weighted by molar-refractivity contribution is 4.84. The molecule has 108 valence electrons. The van der Waals surface area contributed by atoms with E-state index in [-0.39, 0.29) is 0 Å². The molecule has 18 heavy (non-hydrogen) atoms. The van der Waals surface area contributed by atoms with Crippen LogP contribution in [0.15, 0.2) is 0 Å². The molecule has 0 aromatic heterocycles. The molecule has 0 radical (unpaired) electrons. The summed E-state index contributed by atoms with van der Waals surface area (Å²) in [6.07, 6.45) is 6.49. The van der Waals surface area contributed by atoms with Gasteiger partial charge < -0.3 is 10.1 Å². The van der Waals surface area contributed by atoms with E-state index in [4.69, 9.17) is 4.74 Å². The quantitative estimate of drug-likeness (QED) is 0.642. The standard InChI is InChI=1S/C15H32N2O/c1-4-6-12-18-13-11-17-10-8-7-9-15(17)14(3)16-5-2/h14-16H,4-13H2,1-3H3. The van der Waals surface area contributed by atoms with Gasteiger partial charge in [-0.15, -0.1) is 0 Å². The largest absolute Gasteiger partial charge is 0.380 e. The molecule has 1 N–H and O–H groups in total. The van der Waals surface area contributed by atoms with Gasteiger partial charge >= 0.3 is 0 Å². The smallest absolute Gasteiger partial charge is 0.0593 e. The fourth-order valence-electron chi connectivity index (χ4n) is 2.85. The first kappa shape index (κ1) is 15.9. The minimum Gasteiger partial charge on any atom is -0.380 e. The van der Waals surface area contributed by atoms with Gasteiger partial charge in [-0.05, 0) is 39.3 Å². The van der Waals surface area contributed by atoms with Crippen LogP contribution in [0.4, 0.5) is 0 Å². The maximum atomic E-state index is 5.70. The summed E-state index contributed by atoms with van der Waals surface area (Å²) >= 11 is 0. The second-order valence-electron chi connectivity index (χ2n) is 5.41. The molecule has 3 heteroatoms. The third-order valence-corrected chi connectivity index (χ3v) is 3.93. The van der Waals surface area contributed by atoms with Gasteiger partial charge in [0.15, 0.2) is 0 Å². The molecule has 0 spiro atoms. The number of piperidine rings is 1. The predicted octanol–water partition coefficient (Wildman–Crippen LogP) is 2.66. The molecular formula is C15H32N2O. The lowest BCUT2D eigenvalue weighted by molar-refractivity contribution is 0.0600. The van der Waals surface area contributed by atoms with Crippen molar-refractivity contribution in [3.05, 3.63) is 0 Å². The van der Waals surface area contributed by atoms with Crippen LogP contribution in [-0.2, 0) is 4.74 Å². The molecule has 1 aliphatic rings. The van der Waals surface area contributed by atoms with E-state index in [2.05, 4.69) is 31.0 Å². The summed E-state index contributed by atoms with van der Waals surface area (Å²) in [6.45, 7) is 12.0. The van der Waals surface area contributed by atoms with Crippen LogP contribution in [0.25, 0.3) is 0 Å². The summed E-state index contributed by atoms with van der Waals surface area (Å²) in [5.74, 6) is 0. The number of hydrogen-bond donors (Lipinski definition) is 1. The first-order chi connectivity index (χ1) is 8.79. The van der Waals surface area contributed by atoms with Crippen molar-refractivity contribution < 1.29 is 4.74 Å². The average molecular weight is 256 g/mol. The molecule has 0 aromatic rings. The van der Waals surface area contributed by atoms with Crippen molar-refractivity contribution in [3.8, 4) is 0 Å². The fraction of sp³-hybridized carbons (Fsp3) is 1.00. The predicted molar refractivity (Wildman–Crippen MR) is 78.1 cm³/mol. The van der Waals surface area contributed by atoms with E-state index in [1.807, 2.05) is 0 Å². The molecule has 1 heterocycles. The monoisotopic (exact) mass is 256 g/mol. The Bertz CT molecular complexity index is 199. The van der Waals surface area contributed by atoms with Crippen molar-refractivity contribution in [2.75, 3.05) is 32.8 Å². The highest BCUT2D eigenvalue weighted by Crippen LogP contribution is 2.19. The van der Waals surface area contributed by atoms with Gasteiger partial charge in [-0.25, -0.2) is 0 Å². The Kier molecular flexibility index (Phi) is 8.64. The van der Waals surface area contributed by atoms with Crippen molar-refractivity contribution >= 4 is 0 Å².